The molecule has 1 unspecified atom stereocenters. The van der Waals surface area contributed by atoms with Crippen LogP contribution in [0.15, 0.2) is 30.6 Å². The molecule has 0 radical (unpaired) electrons. The number of benzene rings is 1. The van der Waals surface area contributed by atoms with E-state index in [1.165, 1.54) is 17.3 Å². The molecule has 1 saturated heterocycles. The Morgan fingerprint density at radius 3 is 2.72 bits per heavy atom. The van der Waals surface area contributed by atoms with Crippen LogP contribution < -0.4 is 5.32 Å². The number of halogens is 2. The van der Waals surface area contributed by atoms with Crippen LogP contribution in [0.5, 0.6) is 0 Å². The van der Waals surface area contributed by atoms with Crippen LogP contribution in [0.1, 0.15) is 29.0 Å². The molecule has 25 heavy (non-hydrogen) atoms. The van der Waals surface area contributed by atoms with Crippen LogP contribution in [-0.2, 0) is 4.79 Å². The number of anilines is 1. The number of nitrogens with zero attached hydrogens (tertiary/aromatic N) is 3. The first-order chi connectivity index (χ1) is 12.0. The van der Waals surface area contributed by atoms with E-state index in [9.17, 15) is 9.59 Å². The zero-order valence-corrected chi connectivity index (χ0v) is 15.0. The summed E-state index contributed by atoms with van der Waals surface area (Å²) in [5.41, 5.74) is 1.42. The Hall–Kier alpha value is -2.18. The third kappa shape index (κ3) is 3.91. The van der Waals surface area contributed by atoms with Crippen LogP contribution in [0.4, 0.5) is 5.69 Å². The zero-order valence-electron chi connectivity index (χ0n) is 13.5. The fraction of sp³-hybridized carbons (Fsp3) is 0.294. The molecular weight excluding hydrogens is 363 g/mol. The number of rotatable bonds is 3. The van der Waals surface area contributed by atoms with Gasteiger partial charge in [0.05, 0.1) is 22.6 Å². The molecular formula is C17H16Cl2N4O2. The molecule has 0 saturated carbocycles. The zero-order chi connectivity index (χ0) is 18.0. The molecule has 8 heteroatoms. The average Bonchev–Trinajstić information content (AvgIpc) is 3.07. The van der Waals surface area contributed by atoms with Gasteiger partial charge in [-0.15, -0.1) is 0 Å². The molecule has 1 aromatic heterocycles. The molecule has 1 N–H and O–H groups in total. The summed E-state index contributed by atoms with van der Waals surface area (Å²) in [6, 6.07) is 4.26. The van der Waals surface area contributed by atoms with Gasteiger partial charge in [0.25, 0.3) is 5.91 Å². The molecule has 2 amide bonds. The van der Waals surface area contributed by atoms with Crippen molar-refractivity contribution in [2.24, 2.45) is 0 Å². The smallest absolute Gasteiger partial charge is 0.274 e. The summed E-state index contributed by atoms with van der Waals surface area (Å²) in [4.78, 5) is 35.0. The van der Waals surface area contributed by atoms with Gasteiger partial charge in [0.15, 0.2) is 0 Å². The Bertz CT molecular complexity index is 811. The number of hydrogen-bond donors (Lipinski definition) is 1. The Kier molecular flexibility index (Phi) is 5.20. The lowest BCUT2D eigenvalue weighted by Gasteiger charge is -2.23. The van der Waals surface area contributed by atoms with Gasteiger partial charge in [-0.1, -0.05) is 23.2 Å². The van der Waals surface area contributed by atoms with Gasteiger partial charge in [-0.3, -0.25) is 14.6 Å². The lowest BCUT2D eigenvalue weighted by Crippen LogP contribution is -2.43. The van der Waals surface area contributed by atoms with Crippen LogP contribution in [0.2, 0.25) is 10.0 Å². The largest absolute Gasteiger partial charge is 0.325 e. The van der Waals surface area contributed by atoms with Crippen LogP contribution in [-0.4, -0.2) is 39.3 Å². The molecule has 1 aliphatic heterocycles. The van der Waals surface area contributed by atoms with E-state index in [4.69, 9.17) is 23.2 Å². The first-order valence-electron chi connectivity index (χ1n) is 7.81. The topological polar surface area (TPSA) is 75.2 Å². The third-order valence-electron chi connectivity index (χ3n) is 4.01. The number of carbonyl (C=O) groups excluding carboxylic acids is 2. The molecule has 1 aromatic carbocycles. The van der Waals surface area contributed by atoms with Gasteiger partial charge in [-0.2, -0.15) is 0 Å². The number of aromatic nitrogens is 2. The van der Waals surface area contributed by atoms with Crippen LogP contribution >= 0.6 is 23.2 Å². The maximum atomic E-state index is 12.6. The maximum absolute atomic E-state index is 12.6. The van der Waals surface area contributed by atoms with E-state index in [1.54, 1.807) is 25.1 Å². The predicted molar refractivity (Wildman–Crippen MR) is 95.9 cm³/mol. The van der Waals surface area contributed by atoms with E-state index in [0.717, 1.165) is 12.1 Å². The fourth-order valence-electron chi connectivity index (χ4n) is 2.74. The van der Waals surface area contributed by atoms with E-state index in [0.29, 0.717) is 28.7 Å². The van der Waals surface area contributed by atoms with E-state index >= 15 is 0 Å². The highest BCUT2D eigenvalue weighted by Gasteiger charge is 2.35. The van der Waals surface area contributed by atoms with Crippen molar-refractivity contribution in [3.63, 3.8) is 0 Å². The summed E-state index contributed by atoms with van der Waals surface area (Å²) in [7, 11) is 0. The van der Waals surface area contributed by atoms with Crippen molar-refractivity contribution in [3.8, 4) is 0 Å². The number of aryl methyl sites for hydroxylation is 1. The lowest BCUT2D eigenvalue weighted by atomic mass is 10.2. The molecule has 0 bridgehead atoms. The highest BCUT2D eigenvalue weighted by atomic mass is 35.5. The van der Waals surface area contributed by atoms with Gasteiger partial charge in [-0.05, 0) is 38.0 Å². The summed E-state index contributed by atoms with van der Waals surface area (Å²) >= 11 is 12.0. The van der Waals surface area contributed by atoms with Gasteiger partial charge in [-0.25, -0.2) is 4.98 Å². The van der Waals surface area contributed by atoms with Crippen molar-refractivity contribution in [1.82, 2.24) is 14.9 Å². The van der Waals surface area contributed by atoms with Crippen LogP contribution in [0.25, 0.3) is 0 Å². The van der Waals surface area contributed by atoms with E-state index in [2.05, 4.69) is 15.3 Å². The third-order valence-corrected chi connectivity index (χ3v) is 4.55. The van der Waals surface area contributed by atoms with Gasteiger partial charge in [0, 0.05) is 17.8 Å². The number of hydrogen-bond acceptors (Lipinski definition) is 4. The molecule has 0 spiro atoms. The predicted octanol–water partition coefficient (Wildman–Crippen LogP) is 3.34. The second-order valence-electron chi connectivity index (χ2n) is 5.81. The first kappa shape index (κ1) is 17.6. The molecule has 2 heterocycles. The second-order valence-corrected chi connectivity index (χ2v) is 6.66. The first-order valence-corrected chi connectivity index (χ1v) is 8.57. The van der Waals surface area contributed by atoms with Gasteiger partial charge >= 0.3 is 0 Å². The summed E-state index contributed by atoms with van der Waals surface area (Å²) in [5.74, 6) is -0.581. The minimum atomic E-state index is -0.567. The van der Waals surface area contributed by atoms with Crippen molar-refractivity contribution in [1.29, 1.82) is 0 Å². The molecule has 1 fully saturated rings. The minimum absolute atomic E-state index is 0.231. The number of amides is 2. The maximum Gasteiger partial charge on any atom is 0.274 e. The number of nitrogens with one attached hydrogen (secondary N) is 1. The summed E-state index contributed by atoms with van der Waals surface area (Å²) in [6.07, 6.45) is 4.30. The minimum Gasteiger partial charge on any atom is -0.325 e. The molecule has 2 aromatic rings. The van der Waals surface area contributed by atoms with Crippen molar-refractivity contribution in [2.45, 2.75) is 25.8 Å². The fourth-order valence-corrected chi connectivity index (χ4v) is 3.20. The van der Waals surface area contributed by atoms with Gasteiger partial charge < -0.3 is 10.2 Å². The second kappa shape index (κ2) is 7.37. The molecule has 6 nitrogen and oxygen atoms in total. The molecule has 1 aliphatic rings. The SMILES string of the molecule is Cc1cnc(C(=O)N2CCCC2C(=O)Nc2ccc(Cl)cc2Cl)cn1. The highest BCUT2D eigenvalue weighted by molar-refractivity contribution is 6.36. The summed E-state index contributed by atoms with van der Waals surface area (Å²) < 4.78 is 0. The number of carbonyl (C=O) groups is 2. The normalized spacial score (nSPS) is 16.8. The monoisotopic (exact) mass is 378 g/mol. The quantitative estimate of drug-likeness (QED) is 0.888. The Labute approximate surface area is 155 Å². The highest BCUT2D eigenvalue weighted by Crippen LogP contribution is 2.27. The molecule has 0 aliphatic carbocycles. The summed E-state index contributed by atoms with van der Waals surface area (Å²) in [5, 5.41) is 3.60. The molecule has 3 rings (SSSR count). The van der Waals surface area contributed by atoms with Gasteiger partial charge in [0.2, 0.25) is 5.91 Å². The van der Waals surface area contributed by atoms with E-state index in [-0.39, 0.29) is 17.5 Å². The van der Waals surface area contributed by atoms with Crippen LogP contribution in [0.3, 0.4) is 0 Å². The van der Waals surface area contributed by atoms with E-state index in [1.807, 2.05) is 0 Å². The standard InChI is InChI=1S/C17H16Cl2N4O2/c1-10-8-21-14(9-20-10)17(25)23-6-2-3-15(23)16(24)22-13-5-4-11(18)7-12(13)19/h4-5,7-9,15H,2-3,6H2,1H3,(H,22,24). The Morgan fingerprint density at radius 1 is 1.24 bits per heavy atom. The number of likely N-dealkylation sites (tertiary alicyclic amines) is 1. The average molecular weight is 379 g/mol. The Balaban J connectivity index is 1.75. The lowest BCUT2D eigenvalue weighted by molar-refractivity contribution is -0.119. The van der Waals surface area contributed by atoms with Gasteiger partial charge in [0.1, 0.15) is 11.7 Å². The van der Waals surface area contributed by atoms with Crippen molar-refractivity contribution < 1.29 is 9.59 Å². The van der Waals surface area contributed by atoms with Crippen molar-refractivity contribution in [3.05, 3.63) is 52.0 Å². The summed E-state index contributed by atoms with van der Waals surface area (Å²) in [6.45, 7) is 2.30. The molecule has 130 valence electrons. The van der Waals surface area contributed by atoms with Crippen LogP contribution in [0, 0.1) is 6.92 Å². The molecule has 1 atom stereocenters. The van der Waals surface area contributed by atoms with Crippen molar-refractivity contribution >= 4 is 40.7 Å². The van der Waals surface area contributed by atoms with Crippen molar-refractivity contribution in [2.75, 3.05) is 11.9 Å². The van der Waals surface area contributed by atoms with E-state index < -0.39 is 6.04 Å². The Morgan fingerprint density at radius 2 is 2.04 bits per heavy atom.